The van der Waals surface area contributed by atoms with Gasteiger partial charge in [0.15, 0.2) is 9.90 Å². The summed E-state index contributed by atoms with van der Waals surface area (Å²) >= 11 is 0.922. The highest BCUT2D eigenvalue weighted by atomic mass is 32.2. The molecule has 0 unspecified atom stereocenters. The number of nitrogens with zero attached hydrogens (tertiary/aromatic N) is 1. The van der Waals surface area contributed by atoms with Gasteiger partial charge in [0.1, 0.15) is 0 Å². The van der Waals surface area contributed by atoms with Gasteiger partial charge in [-0.2, -0.15) is 0 Å². The first kappa shape index (κ1) is 15.4. The van der Waals surface area contributed by atoms with Gasteiger partial charge in [-0.15, -0.1) is 11.3 Å². The first-order chi connectivity index (χ1) is 9.45. The molecule has 6 nitrogen and oxygen atoms in total. The Hall–Kier alpha value is -0.990. The van der Waals surface area contributed by atoms with Crippen LogP contribution < -0.4 is 4.72 Å². The Morgan fingerprint density at radius 2 is 2.15 bits per heavy atom. The van der Waals surface area contributed by atoms with Gasteiger partial charge in [0, 0.05) is 6.04 Å². The number of ether oxygens (including phenoxy) is 1. The van der Waals surface area contributed by atoms with E-state index in [0.717, 1.165) is 37.0 Å². The third-order valence-corrected chi connectivity index (χ3v) is 6.53. The maximum absolute atomic E-state index is 12.4. The molecule has 8 heteroatoms. The number of carbonyl (C=O) groups is 1. The minimum atomic E-state index is -3.73. The molecular weight excluding hydrogens is 300 g/mol. The van der Waals surface area contributed by atoms with Crippen LogP contribution in [-0.2, 0) is 14.8 Å². The standard InChI is InChI=1S/C12H18N2O4S2/c1-8(9-5-3-4-6-9)14-20(16,17)12-10(11(15)18-2)13-7-19-12/h7-9,14H,3-6H2,1-2H3/t8-/m1/s1. The normalized spacial score (nSPS) is 18.1. The molecule has 0 saturated heterocycles. The number of esters is 1. The molecule has 1 aliphatic rings. The quantitative estimate of drug-likeness (QED) is 0.837. The van der Waals surface area contributed by atoms with Crippen LogP contribution in [0.15, 0.2) is 9.72 Å². The van der Waals surface area contributed by atoms with Gasteiger partial charge in [-0.05, 0) is 25.7 Å². The first-order valence-corrected chi connectivity index (χ1v) is 8.86. The van der Waals surface area contributed by atoms with E-state index in [0.29, 0.717) is 5.92 Å². The van der Waals surface area contributed by atoms with Crippen molar-refractivity contribution in [1.82, 2.24) is 9.71 Å². The van der Waals surface area contributed by atoms with Crippen LogP contribution in [-0.4, -0.2) is 32.5 Å². The molecule has 1 aromatic rings. The Morgan fingerprint density at radius 1 is 1.50 bits per heavy atom. The summed E-state index contributed by atoms with van der Waals surface area (Å²) in [7, 11) is -2.53. The van der Waals surface area contributed by atoms with Gasteiger partial charge in [0.2, 0.25) is 0 Å². The highest BCUT2D eigenvalue weighted by molar-refractivity contribution is 7.91. The third kappa shape index (κ3) is 3.18. The van der Waals surface area contributed by atoms with Gasteiger partial charge < -0.3 is 4.74 Å². The highest BCUT2D eigenvalue weighted by Gasteiger charge is 2.30. The molecule has 112 valence electrons. The molecule has 1 atom stereocenters. The zero-order chi connectivity index (χ0) is 14.8. The summed E-state index contributed by atoms with van der Waals surface area (Å²) in [6.07, 6.45) is 4.36. The number of rotatable bonds is 5. The van der Waals surface area contributed by atoms with Crippen molar-refractivity contribution >= 4 is 27.3 Å². The van der Waals surface area contributed by atoms with E-state index in [2.05, 4.69) is 14.4 Å². The molecule has 2 rings (SSSR count). The molecule has 0 aliphatic heterocycles. The summed E-state index contributed by atoms with van der Waals surface area (Å²) in [6.45, 7) is 1.87. The summed E-state index contributed by atoms with van der Waals surface area (Å²) in [5.41, 5.74) is 1.18. The number of nitrogens with one attached hydrogen (secondary N) is 1. The Labute approximate surface area is 122 Å². The molecule has 20 heavy (non-hydrogen) atoms. The molecule has 1 heterocycles. The van der Waals surface area contributed by atoms with Crippen LogP contribution in [0.2, 0.25) is 0 Å². The molecule has 1 N–H and O–H groups in total. The zero-order valence-corrected chi connectivity index (χ0v) is 13.1. The van der Waals surface area contributed by atoms with E-state index >= 15 is 0 Å². The number of hydrogen-bond acceptors (Lipinski definition) is 6. The van der Waals surface area contributed by atoms with Crippen molar-refractivity contribution < 1.29 is 17.9 Å². The van der Waals surface area contributed by atoms with Crippen LogP contribution in [0.25, 0.3) is 0 Å². The molecule has 0 amide bonds. The number of thiazole rings is 1. The first-order valence-electron chi connectivity index (χ1n) is 6.50. The largest absolute Gasteiger partial charge is 0.464 e. The number of aromatic nitrogens is 1. The van der Waals surface area contributed by atoms with E-state index in [-0.39, 0.29) is 15.9 Å². The molecule has 0 spiro atoms. The maximum Gasteiger partial charge on any atom is 0.358 e. The summed E-state index contributed by atoms with van der Waals surface area (Å²) < 4.78 is 31.8. The van der Waals surface area contributed by atoms with E-state index in [9.17, 15) is 13.2 Å². The monoisotopic (exact) mass is 318 g/mol. The van der Waals surface area contributed by atoms with Crippen LogP contribution in [0.3, 0.4) is 0 Å². The Morgan fingerprint density at radius 3 is 2.75 bits per heavy atom. The maximum atomic E-state index is 12.4. The lowest BCUT2D eigenvalue weighted by molar-refractivity contribution is 0.0590. The van der Waals surface area contributed by atoms with Crippen LogP contribution in [0.5, 0.6) is 0 Å². The van der Waals surface area contributed by atoms with E-state index in [1.54, 1.807) is 0 Å². The van der Waals surface area contributed by atoms with Crippen molar-refractivity contribution in [2.75, 3.05) is 7.11 Å². The van der Waals surface area contributed by atoms with E-state index < -0.39 is 16.0 Å². The highest BCUT2D eigenvalue weighted by Crippen LogP contribution is 2.29. The number of carbonyl (C=O) groups excluding carboxylic acids is 1. The summed E-state index contributed by atoms with van der Waals surface area (Å²) in [5.74, 6) is -0.376. The van der Waals surface area contributed by atoms with Gasteiger partial charge in [-0.3, -0.25) is 0 Å². The van der Waals surface area contributed by atoms with Gasteiger partial charge in [-0.25, -0.2) is 22.9 Å². The molecule has 0 bridgehead atoms. The van der Waals surface area contributed by atoms with Gasteiger partial charge in [0.05, 0.1) is 12.6 Å². The molecule has 1 aromatic heterocycles. The predicted molar refractivity (Wildman–Crippen MR) is 75.2 cm³/mol. The van der Waals surface area contributed by atoms with Crippen LogP contribution >= 0.6 is 11.3 Å². The van der Waals surface area contributed by atoms with Crippen molar-refractivity contribution in [3.05, 3.63) is 11.2 Å². The minimum absolute atomic E-state index is 0.0748. The van der Waals surface area contributed by atoms with Crippen molar-refractivity contribution in [1.29, 1.82) is 0 Å². The molecule has 0 radical (unpaired) electrons. The Bertz CT molecular complexity index is 576. The van der Waals surface area contributed by atoms with Crippen LogP contribution in [0.4, 0.5) is 0 Å². The van der Waals surface area contributed by atoms with E-state index in [1.807, 2.05) is 6.92 Å². The van der Waals surface area contributed by atoms with Crippen molar-refractivity contribution in [3.63, 3.8) is 0 Å². The summed E-state index contributed by atoms with van der Waals surface area (Å²) in [5, 5.41) is 0. The van der Waals surface area contributed by atoms with Crippen molar-refractivity contribution in [2.24, 2.45) is 5.92 Å². The molecule has 1 saturated carbocycles. The van der Waals surface area contributed by atoms with Gasteiger partial charge >= 0.3 is 5.97 Å². The van der Waals surface area contributed by atoms with Gasteiger partial charge in [0.25, 0.3) is 10.0 Å². The second-order valence-electron chi connectivity index (χ2n) is 4.93. The lowest BCUT2D eigenvalue weighted by Gasteiger charge is -2.19. The lowest BCUT2D eigenvalue weighted by atomic mass is 10.0. The predicted octanol–water partition coefficient (Wildman–Crippen LogP) is 1.79. The molecule has 1 aliphatic carbocycles. The minimum Gasteiger partial charge on any atom is -0.464 e. The van der Waals surface area contributed by atoms with Gasteiger partial charge in [-0.1, -0.05) is 12.8 Å². The number of hydrogen-bond donors (Lipinski definition) is 1. The zero-order valence-electron chi connectivity index (χ0n) is 11.5. The fourth-order valence-corrected chi connectivity index (χ4v) is 4.97. The molecule has 0 aromatic carbocycles. The average Bonchev–Trinajstić information content (AvgIpc) is 3.08. The van der Waals surface area contributed by atoms with Crippen LogP contribution in [0, 0.1) is 5.92 Å². The topological polar surface area (TPSA) is 85.4 Å². The molecular formula is C12H18N2O4S2. The van der Waals surface area contributed by atoms with Crippen molar-refractivity contribution in [3.8, 4) is 0 Å². The van der Waals surface area contributed by atoms with Crippen LogP contribution in [0.1, 0.15) is 43.1 Å². The van der Waals surface area contributed by atoms with E-state index in [4.69, 9.17) is 0 Å². The van der Waals surface area contributed by atoms with E-state index in [1.165, 1.54) is 12.6 Å². The summed E-state index contributed by atoms with van der Waals surface area (Å²) in [6, 6.07) is -0.143. The second-order valence-corrected chi connectivity index (χ2v) is 7.70. The Balaban J connectivity index is 2.18. The number of sulfonamides is 1. The fraction of sp³-hybridized carbons (Fsp3) is 0.667. The van der Waals surface area contributed by atoms with Crippen molar-refractivity contribution in [2.45, 2.75) is 42.9 Å². The summed E-state index contributed by atoms with van der Waals surface area (Å²) in [4.78, 5) is 15.3. The average molecular weight is 318 g/mol. The second kappa shape index (κ2) is 6.19. The fourth-order valence-electron chi connectivity index (χ4n) is 2.51. The third-order valence-electron chi connectivity index (χ3n) is 3.61. The smallest absolute Gasteiger partial charge is 0.358 e. The molecule has 1 fully saturated rings. The SMILES string of the molecule is COC(=O)c1ncsc1S(=O)(=O)N[C@H](C)C1CCCC1. The number of methoxy groups -OCH3 is 1. The lowest BCUT2D eigenvalue weighted by Crippen LogP contribution is -2.37. The Kier molecular flexibility index (Phi) is 4.77.